The summed E-state index contributed by atoms with van der Waals surface area (Å²) in [6, 6.07) is 25.0. The lowest BCUT2D eigenvalue weighted by Crippen LogP contribution is -2.42. The van der Waals surface area contributed by atoms with Crippen molar-refractivity contribution in [2.45, 2.75) is 44.8 Å². The molecule has 3 aromatic carbocycles. The number of nitrogens with one attached hydrogen (secondary N) is 1. The first-order valence-electron chi connectivity index (χ1n) is 11.8. The van der Waals surface area contributed by atoms with Crippen LogP contribution in [0, 0.1) is 6.92 Å². The summed E-state index contributed by atoms with van der Waals surface area (Å²) in [6.45, 7) is 7.79. The lowest BCUT2D eigenvalue weighted by molar-refractivity contribution is -0.132. The highest BCUT2D eigenvalue weighted by Crippen LogP contribution is 2.32. The summed E-state index contributed by atoms with van der Waals surface area (Å²) in [4.78, 5) is 26.7. The summed E-state index contributed by atoms with van der Waals surface area (Å²) in [5.41, 5.74) is 2.81. The number of aliphatic hydroxyl groups is 1. The predicted octanol–water partition coefficient (Wildman–Crippen LogP) is 4.53. The number of aliphatic hydroxyl groups excluding tert-OH is 1. The van der Waals surface area contributed by atoms with E-state index in [1.807, 2.05) is 73.7 Å². The van der Waals surface area contributed by atoms with E-state index in [0.717, 1.165) is 16.0 Å². The Bertz CT molecular complexity index is 1190. The van der Waals surface area contributed by atoms with Gasteiger partial charge in [0.2, 0.25) is 0 Å². The monoisotopic (exact) mass is 472 g/mol. The van der Waals surface area contributed by atoms with E-state index in [9.17, 15) is 14.7 Å². The van der Waals surface area contributed by atoms with Crippen LogP contribution in [0.15, 0.2) is 78.9 Å². The summed E-state index contributed by atoms with van der Waals surface area (Å²) in [5.74, 6) is 0.219. The Morgan fingerprint density at radius 3 is 2.17 bits per heavy atom. The number of rotatable bonds is 8. The quantitative estimate of drug-likeness (QED) is 0.472. The maximum absolute atomic E-state index is 13.1. The van der Waals surface area contributed by atoms with Crippen molar-refractivity contribution in [3.8, 4) is 5.75 Å². The number of hydrogen-bond donors (Lipinski definition) is 2. The molecule has 2 unspecified atom stereocenters. The smallest absolute Gasteiger partial charge is 0.325 e. The molecule has 4 rings (SSSR count). The standard InChI is InChI=1S/C29H32N2O4/c1-20-10-12-23(13-11-20)29(4)26(33)31(27(34)30-29)18-24(32)19-35-25-16-14-22(15-17-25)28(2,3)21-8-6-5-7-9-21/h5-17,24,32H,18-19H2,1-4H3,(H,30,34). The Labute approximate surface area is 206 Å². The summed E-state index contributed by atoms with van der Waals surface area (Å²) in [7, 11) is 0. The van der Waals surface area contributed by atoms with E-state index >= 15 is 0 Å². The Morgan fingerprint density at radius 2 is 1.54 bits per heavy atom. The Kier molecular flexibility index (Phi) is 6.68. The van der Waals surface area contributed by atoms with Crippen molar-refractivity contribution in [2.24, 2.45) is 0 Å². The normalized spacial score (nSPS) is 18.9. The number of carbonyl (C=O) groups excluding carboxylic acids is 2. The highest BCUT2D eigenvalue weighted by molar-refractivity contribution is 6.07. The number of carbonyl (C=O) groups is 2. The van der Waals surface area contributed by atoms with E-state index in [4.69, 9.17) is 4.74 Å². The van der Waals surface area contributed by atoms with Gasteiger partial charge in [-0.3, -0.25) is 9.69 Å². The first-order valence-corrected chi connectivity index (χ1v) is 11.8. The lowest BCUT2D eigenvalue weighted by atomic mass is 9.78. The molecule has 1 heterocycles. The van der Waals surface area contributed by atoms with E-state index in [1.165, 1.54) is 5.56 Å². The zero-order valence-electron chi connectivity index (χ0n) is 20.6. The maximum atomic E-state index is 13.1. The topological polar surface area (TPSA) is 78.9 Å². The van der Waals surface area contributed by atoms with Crippen LogP contribution in [0.3, 0.4) is 0 Å². The van der Waals surface area contributed by atoms with Crippen molar-refractivity contribution in [2.75, 3.05) is 13.2 Å². The van der Waals surface area contributed by atoms with Crippen LogP contribution < -0.4 is 10.1 Å². The van der Waals surface area contributed by atoms with E-state index in [2.05, 4.69) is 31.3 Å². The SMILES string of the molecule is Cc1ccc(C2(C)NC(=O)N(CC(O)COc3ccc(C(C)(C)c4ccccc4)cc3)C2=O)cc1. The highest BCUT2D eigenvalue weighted by atomic mass is 16.5. The highest BCUT2D eigenvalue weighted by Gasteiger charge is 2.49. The number of benzene rings is 3. The van der Waals surface area contributed by atoms with Gasteiger partial charge < -0.3 is 15.2 Å². The second kappa shape index (κ2) is 9.55. The van der Waals surface area contributed by atoms with Gasteiger partial charge in [0, 0.05) is 5.41 Å². The largest absolute Gasteiger partial charge is 0.491 e. The van der Waals surface area contributed by atoms with Crippen LogP contribution in [-0.2, 0) is 15.7 Å². The predicted molar refractivity (Wildman–Crippen MR) is 135 cm³/mol. The second-order valence-corrected chi connectivity index (χ2v) is 9.82. The average Bonchev–Trinajstić information content (AvgIpc) is 3.07. The maximum Gasteiger partial charge on any atom is 0.325 e. The van der Waals surface area contributed by atoms with Crippen LogP contribution >= 0.6 is 0 Å². The summed E-state index contributed by atoms with van der Waals surface area (Å²) < 4.78 is 5.75. The molecule has 0 radical (unpaired) electrons. The first kappa shape index (κ1) is 24.5. The van der Waals surface area contributed by atoms with Gasteiger partial charge in [-0.2, -0.15) is 0 Å². The molecule has 2 atom stereocenters. The van der Waals surface area contributed by atoms with Crippen LogP contribution in [0.1, 0.15) is 43.0 Å². The van der Waals surface area contributed by atoms with Crippen molar-refractivity contribution in [3.63, 3.8) is 0 Å². The third-order valence-electron chi connectivity index (χ3n) is 6.81. The number of β-amino-alcohol motifs (C(OH)–C–C–N with tert-alkyl or cyclic N) is 1. The van der Waals surface area contributed by atoms with Gasteiger partial charge in [0.05, 0.1) is 6.54 Å². The van der Waals surface area contributed by atoms with Crippen molar-refractivity contribution in [3.05, 3.63) is 101 Å². The van der Waals surface area contributed by atoms with Crippen molar-refractivity contribution in [1.82, 2.24) is 10.2 Å². The van der Waals surface area contributed by atoms with Crippen LogP contribution in [-0.4, -0.2) is 41.2 Å². The molecule has 182 valence electrons. The van der Waals surface area contributed by atoms with Gasteiger partial charge in [0.15, 0.2) is 0 Å². The van der Waals surface area contributed by atoms with Gasteiger partial charge in [-0.1, -0.05) is 86.1 Å². The molecular formula is C29H32N2O4. The van der Waals surface area contributed by atoms with Crippen molar-refractivity contribution < 1.29 is 19.4 Å². The van der Waals surface area contributed by atoms with Crippen molar-refractivity contribution in [1.29, 1.82) is 0 Å². The second-order valence-electron chi connectivity index (χ2n) is 9.82. The molecule has 0 spiro atoms. The van der Waals surface area contributed by atoms with Gasteiger partial charge in [-0.25, -0.2) is 4.79 Å². The number of imide groups is 1. The van der Waals surface area contributed by atoms with Crippen LogP contribution in [0.5, 0.6) is 5.75 Å². The molecule has 3 amide bonds. The number of hydrogen-bond acceptors (Lipinski definition) is 4. The van der Waals surface area contributed by atoms with Gasteiger partial charge in [0.25, 0.3) is 5.91 Å². The molecule has 3 aromatic rings. The molecule has 35 heavy (non-hydrogen) atoms. The summed E-state index contributed by atoms with van der Waals surface area (Å²) >= 11 is 0. The molecule has 0 aromatic heterocycles. The minimum Gasteiger partial charge on any atom is -0.491 e. The minimum absolute atomic E-state index is 0.0419. The van der Waals surface area contributed by atoms with Gasteiger partial charge in [-0.05, 0) is 42.7 Å². The number of aryl methyl sites for hydroxylation is 1. The summed E-state index contributed by atoms with van der Waals surface area (Å²) in [6.07, 6.45) is -1.02. The molecule has 1 aliphatic rings. The fourth-order valence-electron chi connectivity index (χ4n) is 4.39. The van der Waals surface area contributed by atoms with E-state index in [0.29, 0.717) is 11.3 Å². The molecule has 6 nitrogen and oxygen atoms in total. The van der Waals surface area contributed by atoms with E-state index in [1.54, 1.807) is 6.92 Å². The zero-order valence-corrected chi connectivity index (χ0v) is 20.6. The van der Waals surface area contributed by atoms with E-state index in [-0.39, 0.29) is 18.6 Å². The number of amides is 3. The molecule has 1 saturated heterocycles. The fraction of sp³-hybridized carbons (Fsp3) is 0.310. The van der Waals surface area contributed by atoms with Crippen molar-refractivity contribution >= 4 is 11.9 Å². The van der Waals surface area contributed by atoms with Gasteiger partial charge in [-0.15, -0.1) is 0 Å². The van der Waals surface area contributed by atoms with Crippen LogP contribution in [0.2, 0.25) is 0 Å². The van der Waals surface area contributed by atoms with Crippen LogP contribution in [0.25, 0.3) is 0 Å². The van der Waals surface area contributed by atoms with Gasteiger partial charge in [0.1, 0.15) is 24.0 Å². The molecule has 0 saturated carbocycles. The molecule has 0 bridgehead atoms. The lowest BCUT2D eigenvalue weighted by Gasteiger charge is -2.26. The van der Waals surface area contributed by atoms with Crippen LogP contribution in [0.4, 0.5) is 4.79 Å². The van der Waals surface area contributed by atoms with Gasteiger partial charge >= 0.3 is 6.03 Å². The summed E-state index contributed by atoms with van der Waals surface area (Å²) in [5, 5.41) is 13.3. The van der Waals surface area contributed by atoms with E-state index < -0.39 is 23.6 Å². The fourth-order valence-corrected chi connectivity index (χ4v) is 4.39. The Hall–Kier alpha value is -3.64. The number of nitrogens with zero attached hydrogens (tertiary/aromatic N) is 1. The molecule has 1 aliphatic heterocycles. The first-order chi connectivity index (χ1) is 16.6. The Balaban J connectivity index is 1.36. The number of urea groups is 1. The number of ether oxygens (including phenoxy) is 1. The Morgan fingerprint density at radius 1 is 0.943 bits per heavy atom. The molecule has 1 fully saturated rings. The minimum atomic E-state index is -1.16. The molecule has 2 N–H and O–H groups in total. The molecule has 6 heteroatoms. The third-order valence-corrected chi connectivity index (χ3v) is 6.81. The zero-order chi connectivity index (χ0) is 25.2. The molecule has 0 aliphatic carbocycles. The third kappa shape index (κ3) is 4.93. The molecular weight excluding hydrogens is 440 g/mol. The average molecular weight is 473 g/mol.